The second kappa shape index (κ2) is 9.68. The van der Waals surface area contributed by atoms with Gasteiger partial charge in [0.2, 0.25) is 11.9 Å². The first-order valence-electron chi connectivity index (χ1n) is 10.9. The van der Waals surface area contributed by atoms with Gasteiger partial charge in [-0.2, -0.15) is 4.98 Å². The Balaban J connectivity index is 1.38. The first kappa shape index (κ1) is 21.6. The minimum absolute atomic E-state index is 0.169. The fraction of sp³-hybridized carbons (Fsp3) is 0.320. The number of aromatic nitrogens is 2. The highest BCUT2D eigenvalue weighted by Crippen LogP contribution is 2.21. The maximum absolute atomic E-state index is 12.7. The van der Waals surface area contributed by atoms with Crippen LogP contribution in [0.2, 0.25) is 0 Å². The highest BCUT2D eigenvalue weighted by atomic mass is 16.5. The summed E-state index contributed by atoms with van der Waals surface area (Å²) in [6.07, 6.45) is 0.443. The summed E-state index contributed by atoms with van der Waals surface area (Å²) in [4.78, 5) is 26.2. The minimum Gasteiger partial charge on any atom is -0.497 e. The number of rotatable bonds is 6. The van der Waals surface area contributed by atoms with E-state index in [9.17, 15) is 4.79 Å². The summed E-state index contributed by atoms with van der Waals surface area (Å²) < 4.78 is 5.21. The number of anilines is 3. The number of aryl methyl sites for hydroxylation is 2. The Morgan fingerprint density at radius 2 is 1.75 bits per heavy atom. The van der Waals surface area contributed by atoms with E-state index in [1.54, 1.807) is 7.11 Å². The van der Waals surface area contributed by atoms with Crippen LogP contribution in [0, 0.1) is 13.8 Å². The number of methoxy groups -OCH3 is 1. The maximum Gasteiger partial charge on any atom is 0.227 e. The van der Waals surface area contributed by atoms with Crippen LogP contribution in [0.1, 0.15) is 16.8 Å². The Morgan fingerprint density at radius 1 is 1.00 bits per heavy atom. The predicted molar refractivity (Wildman–Crippen MR) is 127 cm³/mol. The predicted octanol–water partition coefficient (Wildman–Crippen LogP) is 3.74. The molecule has 1 aliphatic heterocycles. The van der Waals surface area contributed by atoms with E-state index < -0.39 is 0 Å². The van der Waals surface area contributed by atoms with Gasteiger partial charge in [0, 0.05) is 43.6 Å². The van der Waals surface area contributed by atoms with Crippen molar-refractivity contribution >= 4 is 23.4 Å². The van der Waals surface area contributed by atoms with Crippen LogP contribution in [0.5, 0.6) is 5.75 Å². The van der Waals surface area contributed by atoms with Gasteiger partial charge < -0.3 is 19.9 Å². The zero-order valence-electron chi connectivity index (χ0n) is 18.8. The monoisotopic (exact) mass is 431 g/mol. The molecular weight excluding hydrogens is 402 g/mol. The highest BCUT2D eigenvalue weighted by Gasteiger charge is 2.23. The number of carbonyl (C=O) groups is 1. The number of benzene rings is 2. The molecule has 166 valence electrons. The van der Waals surface area contributed by atoms with Gasteiger partial charge in [-0.3, -0.25) is 4.79 Å². The molecule has 0 spiro atoms. The molecule has 1 fully saturated rings. The Labute approximate surface area is 189 Å². The van der Waals surface area contributed by atoms with Crippen molar-refractivity contribution in [2.45, 2.75) is 20.3 Å². The number of ether oxygens (including phenoxy) is 1. The summed E-state index contributed by atoms with van der Waals surface area (Å²) in [6.45, 7) is 6.78. The van der Waals surface area contributed by atoms with Crippen molar-refractivity contribution in [1.29, 1.82) is 0 Å². The number of hydrogen-bond acceptors (Lipinski definition) is 6. The van der Waals surface area contributed by atoms with Gasteiger partial charge in [0.25, 0.3) is 0 Å². The van der Waals surface area contributed by atoms with Gasteiger partial charge in [-0.1, -0.05) is 29.8 Å². The van der Waals surface area contributed by atoms with Crippen molar-refractivity contribution in [2.75, 3.05) is 43.5 Å². The third kappa shape index (κ3) is 5.35. The van der Waals surface area contributed by atoms with Crippen LogP contribution in [0.25, 0.3) is 0 Å². The van der Waals surface area contributed by atoms with E-state index in [0.717, 1.165) is 28.5 Å². The van der Waals surface area contributed by atoms with Gasteiger partial charge >= 0.3 is 0 Å². The lowest BCUT2D eigenvalue weighted by Crippen LogP contribution is -2.49. The lowest BCUT2D eigenvalue weighted by Gasteiger charge is -2.35. The molecule has 4 rings (SSSR count). The molecule has 0 saturated carbocycles. The smallest absolute Gasteiger partial charge is 0.227 e. The molecule has 1 amide bonds. The molecule has 1 saturated heterocycles. The quantitative estimate of drug-likeness (QED) is 0.641. The number of amides is 1. The number of piperazine rings is 1. The molecule has 0 aliphatic carbocycles. The van der Waals surface area contributed by atoms with Crippen LogP contribution in [-0.4, -0.2) is 54.1 Å². The van der Waals surface area contributed by atoms with Gasteiger partial charge in [0.05, 0.1) is 13.5 Å². The van der Waals surface area contributed by atoms with Gasteiger partial charge in [0.15, 0.2) is 0 Å². The molecule has 7 heteroatoms. The van der Waals surface area contributed by atoms with Crippen LogP contribution in [-0.2, 0) is 11.2 Å². The molecular formula is C25H29N5O2. The van der Waals surface area contributed by atoms with E-state index in [-0.39, 0.29) is 5.91 Å². The van der Waals surface area contributed by atoms with E-state index in [2.05, 4.69) is 21.3 Å². The number of hydrogen-bond donors (Lipinski definition) is 1. The molecule has 0 unspecified atom stereocenters. The van der Waals surface area contributed by atoms with Crippen molar-refractivity contribution in [1.82, 2.24) is 14.9 Å². The summed E-state index contributed by atoms with van der Waals surface area (Å²) in [5.74, 6) is 2.41. The standard InChI is InChI=1S/C25H29N5O2/c1-18-5-4-6-20(15-18)17-24(31)29-11-13-30(14-12-29)25-26-19(2)16-23(28-25)27-21-7-9-22(32-3)10-8-21/h4-10,15-16H,11-14,17H2,1-3H3,(H,26,27,28). The van der Waals surface area contributed by atoms with E-state index in [4.69, 9.17) is 9.72 Å². The van der Waals surface area contributed by atoms with Gasteiger partial charge in [-0.05, 0) is 43.7 Å². The second-order valence-corrected chi connectivity index (χ2v) is 8.08. The average molecular weight is 432 g/mol. The van der Waals surface area contributed by atoms with E-state index in [1.807, 2.05) is 67.3 Å². The van der Waals surface area contributed by atoms with Crippen LogP contribution >= 0.6 is 0 Å². The third-order valence-electron chi connectivity index (χ3n) is 5.56. The second-order valence-electron chi connectivity index (χ2n) is 8.08. The van der Waals surface area contributed by atoms with Crippen LogP contribution in [0.3, 0.4) is 0 Å². The van der Waals surface area contributed by atoms with E-state index in [0.29, 0.717) is 38.5 Å². The first-order valence-corrected chi connectivity index (χ1v) is 10.9. The highest BCUT2D eigenvalue weighted by molar-refractivity contribution is 5.79. The largest absolute Gasteiger partial charge is 0.497 e. The Kier molecular flexibility index (Phi) is 6.54. The molecule has 1 aromatic heterocycles. The fourth-order valence-corrected chi connectivity index (χ4v) is 3.84. The molecule has 3 aromatic rings. The van der Waals surface area contributed by atoms with Gasteiger partial charge in [-0.15, -0.1) is 0 Å². The maximum atomic E-state index is 12.7. The van der Waals surface area contributed by atoms with Crippen molar-refractivity contribution in [3.8, 4) is 5.75 Å². The molecule has 2 aromatic carbocycles. The van der Waals surface area contributed by atoms with Crippen molar-refractivity contribution in [3.63, 3.8) is 0 Å². The first-order chi connectivity index (χ1) is 15.5. The molecule has 2 heterocycles. The van der Waals surface area contributed by atoms with E-state index >= 15 is 0 Å². The van der Waals surface area contributed by atoms with E-state index in [1.165, 1.54) is 5.56 Å². The SMILES string of the molecule is COc1ccc(Nc2cc(C)nc(N3CCN(C(=O)Cc4cccc(C)c4)CC3)n2)cc1. The normalized spacial score (nSPS) is 13.7. The van der Waals surface area contributed by atoms with Crippen LogP contribution in [0.4, 0.5) is 17.5 Å². The number of nitrogens with zero attached hydrogens (tertiary/aromatic N) is 4. The zero-order valence-corrected chi connectivity index (χ0v) is 18.8. The number of nitrogens with one attached hydrogen (secondary N) is 1. The summed E-state index contributed by atoms with van der Waals surface area (Å²) in [7, 11) is 1.65. The minimum atomic E-state index is 0.169. The molecule has 32 heavy (non-hydrogen) atoms. The molecule has 1 aliphatic rings. The summed E-state index contributed by atoms with van der Waals surface area (Å²) in [5, 5.41) is 3.34. The summed E-state index contributed by atoms with van der Waals surface area (Å²) in [6, 6.07) is 17.8. The third-order valence-corrected chi connectivity index (χ3v) is 5.56. The van der Waals surface area contributed by atoms with Gasteiger partial charge in [-0.25, -0.2) is 4.98 Å². The molecule has 0 bridgehead atoms. The Morgan fingerprint density at radius 3 is 2.44 bits per heavy atom. The van der Waals surface area contributed by atoms with Crippen molar-refractivity contribution in [2.24, 2.45) is 0 Å². The molecule has 0 atom stereocenters. The molecule has 1 N–H and O–H groups in total. The average Bonchev–Trinajstić information content (AvgIpc) is 2.79. The zero-order chi connectivity index (χ0) is 22.5. The van der Waals surface area contributed by atoms with Gasteiger partial charge in [0.1, 0.15) is 11.6 Å². The van der Waals surface area contributed by atoms with Crippen LogP contribution < -0.4 is 15.0 Å². The lowest BCUT2D eigenvalue weighted by molar-refractivity contribution is -0.130. The number of carbonyl (C=O) groups excluding carboxylic acids is 1. The molecule has 0 radical (unpaired) electrons. The topological polar surface area (TPSA) is 70.6 Å². The summed E-state index contributed by atoms with van der Waals surface area (Å²) >= 11 is 0. The fourth-order valence-electron chi connectivity index (χ4n) is 3.84. The van der Waals surface area contributed by atoms with Crippen LogP contribution in [0.15, 0.2) is 54.6 Å². The Bertz CT molecular complexity index is 1080. The lowest BCUT2D eigenvalue weighted by atomic mass is 10.1. The van der Waals surface area contributed by atoms with Crippen molar-refractivity contribution < 1.29 is 9.53 Å². The Hall–Kier alpha value is -3.61. The molecule has 7 nitrogen and oxygen atoms in total. The summed E-state index contributed by atoms with van der Waals surface area (Å²) in [5.41, 5.74) is 4.06. The van der Waals surface area contributed by atoms with Crippen molar-refractivity contribution in [3.05, 3.63) is 71.4 Å².